The lowest BCUT2D eigenvalue weighted by molar-refractivity contribution is -0.117. The Bertz CT molecular complexity index is 1070. The Morgan fingerprint density at radius 2 is 1.81 bits per heavy atom. The number of piperazine rings is 1. The fraction of sp³-hybridized carbons (Fsp3) is 0.304. The molecule has 1 N–H and O–H groups in total. The van der Waals surface area contributed by atoms with Gasteiger partial charge in [0, 0.05) is 43.7 Å². The van der Waals surface area contributed by atoms with Crippen molar-refractivity contribution in [2.45, 2.75) is 6.54 Å². The molecule has 1 aliphatic heterocycles. The lowest BCUT2D eigenvalue weighted by atomic mass is 10.2. The van der Waals surface area contributed by atoms with Gasteiger partial charge in [0.25, 0.3) is 0 Å². The highest BCUT2D eigenvalue weighted by Gasteiger charge is 2.20. The maximum absolute atomic E-state index is 13.9. The number of ether oxygens (including phenoxy) is 1. The SMILES string of the molecule is COc1ccc(CN2CCN(CC(=O)Nc3nc(-c4ccc(F)cc4)cs3)CC2)cc1F. The molecule has 1 fully saturated rings. The number of rotatable bonds is 7. The fourth-order valence-corrected chi connectivity index (χ4v) is 4.35. The summed E-state index contributed by atoms with van der Waals surface area (Å²) in [4.78, 5) is 21.2. The van der Waals surface area contributed by atoms with Crippen LogP contribution >= 0.6 is 11.3 Å². The van der Waals surface area contributed by atoms with Gasteiger partial charge in [0.05, 0.1) is 19.3 Å². The van der Waals surface area contributed by atoms with E-state index >= 15 is 0 Å². The summed E-state index contributed by atoms with van der Waals surface area (Å²) in [6, 6.07) is 11.1. The third kappa shape index (κ3) is 5.67. The van der Waals surface area contributed by atoms with Crippen molar-refractivity contribution in [1.82, 2.24) is 14.8 Å². The molecule has 0 atom stereocenters. The van der Waals surface area contributed by atoms with Gasteiger partial charge < -0.3 is 10.1 Å². The predicted molar refractivity (Wildman–Crippen MR) is 121 cm³/mol. The van der Waals surface area contributed by atoms with E-state index in [0.717, 1.165) is 37.3 Å². The largest absolute Gasteiger partial charge is 0.494 e. The average Bonchev–Trinajstić information content (AvgIpc) is 3.24. The molecule has 168 valence electrons. The van der Waals surface area contributed by atoms with Crippen molar-refractivity contribution >= 4 is 22.4 Å². The van der Waals surface area contributed by atoms with Crippen molar-refractivity contribution in [1.29, 1.82) is 0 Å². The maximum Gasteiger partial charge on any atom is 0.240 e. The van der Waals surface area contributed by atoms with Crippen LogP contribution < -0.4 is 10.1 Å². The molecule has 0 aliphatic carbocycles. The average molecular weight is 459 g/mol. The molecule has 1 saturated heterocycles. The zero-order chi connectivity index (χ0) is 22.5. The highest BCUT2D eigenvalue weighted by Crippen LogP contribution is 2.25. The van der Waals surface area contributed by atoms with Gasteiger partial charge >= 0.3 is 0 Å². The summed E-state index contributed by atoms with van der Waals surface area (Å²) in [7, 11) is 1.45. The number of amides is 1. The lowest BCUT2D eigenvalue weighted by Crippen LogP contribution is -2.48. The van der Waals surface area contributed by atoms with Crippen LogP contribution in [0, 0.1) is 11.6 Å². The van der Waals surface area contributed by atoms with Crippen LogP contribution in [0.5, 0.6) is 5.75 Å². The van der Waals surface area contributed by atoms with Crippen LogP contribution in [0.3, 0.4) is 0 Å². The van der Waals surface area contributed by atoms with E-state index in [4.69, 9.17) is 4.74 Å². The fourth-order valence-electron chi connectivity index (χ4n) is 3.62. The van der Waals surface area contributed by atoms with Gasteiger partial charge in [-0.2, -0.15) is 0 Å². The third-order valence-corrected chi connectivity index (χ3v) is 6.10. The van der Waals surface area contributed by atoms with E-state index in [-0.39, 0.29) is 29.8 Å². The summed E-state index contributed by atoms with van der Waals surface area (Å²) >= 11 is 1.34. The van der Waals surface area contributed by atoms with Gasteiger partial charge in [-0.25, -0.2) is 13.8 Å². The maximum atomic E-state index is 13.9. The molecular formula is C23H24F2N4O2S. The first-order valence-electron chi connectivity index (χ1n) is 10.3. The van der Waals surface area contributed by atoms with Crippen molar-refractivity contribution in [3.63, 3.8) is 0 Å². The smallest absolute Gasteiger partial charge is 0.240 e. The molecule has 0 saturated carbocycles. The van der Waals surface area contributed by atoms with Crippen LogP contribution in [0.4, 0.5) is 13.9 Å². The second-order valence-electron chi connectivity index (χ2n) is 7.61. The van der Waals surface area contributed by atoms with Crippen molar-refractivity contribution < 1.29 is 18.3 Å². The minimum absolute atomic E-state index is 0.115. The molecule has 1 aliphatic rings. The Morgan fingerprint density at radius 3 is 2.50 bits per heavy atom. The molecule has 0 unspecified atom stereocenters. The third-order valence-electron chi connectivity index (χ3n) is 5.35. The summed E-state index contributed by atoms with van der Waals surface area (Å²) < 4.78 is 31.9. The highest BCUT2D eigenvalue weighted by atomic mass is 32.1. The Hall–Kier alpha value is -2.88. The molecule has 0 spiro atoms. The molecular weight excluding hydrogens is 434 g/mol. The molecule has 1 amide bonds. The van der Waals surface area contributed by atoms with Gasteiger partial charge in [-0.1, -0.05) is 6.07 Å². The zero-order valence-electron chi connectivity index (χ0n) is 17.7. The van der Waals surface area contributed by atoms with Crippen LogP contribution in [-0.4, -0.2) is 60.5 Å². The number of thiazole rings is 1. The first kappa shape index (κ1) is 22.3. The van der Waals surface area contributed by atoms with Gasteiger partial charge in [-0.05, 0) is 42.0 Å². The first-order valence-corrected chi connectivity index (χ1v) is 11.2. The van der Waals surface area contributed by atoms with Crippen LogP contribution in [0.25, 0.3) is 11.3 Å². The molecule has 2 aromatic carbocycles. The van der Waals surface area contributed by atoms with E-state index in [1.54, 1.807) is 18.2 Å². The molecule has 3 aromatic rings. The number of nitrogens with zero attached hydrogens (tertiary/aromatic N) is 3. The number of halogens is 2. The van der Waals surface area contributed by atoms with E-state index in [0.29, 0.717) is 17.4 Å². The molecule has 9 heteroatoms. The lowest BCUT2D eigenvalue weighted by Gasteiger charge is -2.34. The molecule has 2 heterocycles. The van der Waals surface area contributed by atoms with Crippen molar-refractivity contribution in [2.24, 2.45) is 0 Å². The number of hydrogen-bond donors (Lipinski definition) is 1. The molecule has 32 heavy (non-hydrogen) atoms. The Kier molecular flexibility index (Phi) is 7.09. The van der Waals surface area contributed by atoms with Crippen molar-refractivity contribution in [2.75, 3.05) is 45.2 Å². The van der Waals surface area contributed by atoms with Crippen LogP contribution in [-0.2, 0) is 11.3 Å². The van der Waals surface area contributed by atoms with Crippen LogP contribution in [0.15, 0.2) is 47.8 Å². The second kappa shape index (κ2) is 10.2. The van der Waals surface area contributed by atoms with Gasteiger partial charge in [0.1, 0.15) is 5.82 Å². The Balaban J connectivity index is 1.23. The van der Waals surface area contributed by atoms with Crippen LogP contribution in [0.2, 0.25) is 0 Å². The van der Waals surface area contributed by atoms with Gasteiger partial charge in [-0.3, -0.25) is 14.6 Å². The van der Waals surface area contributed by atoms with Gasteiger partial charge in [-0.15, -0.1) is 11.3 Å². The van der Waals surface area contributed by atoms with E-state index in [2.05, 4.69) is 20.1 Å². The minimum Gasteiger partial charge on any atom is -0.494 e. The number of carbonyl (C=O) groups excluding carboxylic acids is 1. The highest BCUT2D eigenvalue weighted by molar-refractivity contribution is 7.14. The van der Waals surface area contributed by atoms with Gasteiger partial charge in [0.2, 0.25) is 5.91 Å². The summed E-state index contributed by atoms with van der Waals surface area (Å²) in [5.74, 6) is -0.524. The summed E-state index contributed by atoms with van der Waals surface area (Å²) in [6.45, 7) is 4.05. The minimum atomic E-state index is -0.356. The number of carbonyl (C=O) groups is 1. The molecule has 4 rings (SSSR count). The number of hydrogen-bond acceptors (Lipinski definition) is 6. The van der Waals surface area contributed by atoms with Crippen molar-refractivity contribution in [3.8, 4) is 17.0 Å². The molecule has 1 aromatic heterocycles. The first-order chi connectivity index (χ1) is 15.5. The molecule has 0 bridgehead atoms. The topological polar surface area (TPSA) is 57.7 Å². The zero-order valence-corrected chi connectivity index (χ0v) is 18.5. The van der Waals surface area contributed by atoms with E-state index < -0.39 is 0 Å². The number of nitrogens with one attached hydrogen (secondary N) is 1. The standard InChI is InChI=1S/C23H24F2N4O2S/c1-31-21-7-2-16(12-19(21)25)13-28-8-10-29(11-9-28)14-22(30)27-23-26-20(15-32-23)17-3-5-18(24)6-4-17/h2-7,12,15H,8-11,13-14H2,1H3,(H,26,27,30). The summed E-state index contributed by atoms with van der Waals surface area (Å²) in [6.07, 6.45) is 0. The number of aromatic nitrogens is 1. The molecule has 6 nitrogen and oxygen atoms in total. The van der Waals surface area contributed by atoms with Gasteiger partial charge in [0.15, 0.2) is 16.7 Å². The summed E-state index contributed by atoms with van der Waals surface area (Å²) in [5, 5.41) is 5.20. The normalized spacial score (nSPS) is 15.0. The number of benzene rings is 2. The van der Waals surface area contributed by atoms with E-state index in [9.17, 15) is 13.6 Å². The number of anilines is 1. The van der Waals surface area contributed by atoms with Crippen LogP contribution in [0.1, 0.15) is 5.56 Å². The van der Waals surface area contributed by atoms with E-state index in [1.807, 2.05) is 11.4 Å². The number of methoxy groups -OCH3 is 1. The Morgan fingerprint density at radius 1 is 1.09 bits per heavy atom. The van der Waals surface area contributed by atoms with Crippen molar-refractivity contribution in [3.05, 3.63) is 65.0 Å². The molecule has 0 radical (unpaired) electrons. The Labute approximate surface area is 189 Å². The predicted octanol–water partition coefficient (Wildman–Crippen LogP) is 3.85. The monoisotopic (exact) mass is 458 g/mol. The van der Waals surface area contributed by atoms with E-state index in [1.165, 1.54) is 36.6 Å². The summed E-state index contributed by atoms with van der Waals surface area (Å²) in [5.41, 5.74) is 2.40. The quantitative estimate of drug-likeness (QED) is 0.583. The second-order valence-corrected chi connectivity index (χ2v) is 8.47.